The van der Waals surface area contributed by atoms with E-state index in [1.807, 2.05) is 0 Å². The van der Waals surface area contributed by atoms with Gasteiger partial charge in [0, 0.05) is 0 Å². The summed E-state index contributed by atoms with van der Waals surface area (Å²) < 4.78 is 4.87. The van der Waals surface area contributed by atoms with Crippen molar-refractivity contribution in [3.05, 3.63) is 5.82 Å². The van der Waals surface area contributed by atoms with Gasteiger partial charge in [0.05, 0.1) is 5.75 Å². The first-order valence-corrected chi connectivity index (χ1v) is 6.40. The SMILES string of the molecule is CC(C)SCc1noc(SCC(=O)O)n1. The van der Waals surface area contributed by atoms with E-state index >= 15 is 0 Å². The molecule has 1 aromatic rings. The number of thioether (sulfide) groups is 2. The molecule has 1 heterocycles. The Balaban J connectivity index is 2.38. The van der Waals surface area contributed by atoms with Gasteiger partial charge in [0.25, 0.3) is 5.22 Å². The Morgan fingerprint density at radius 3 is 2.93 bits per heavy atom. The van der Waals surface area contributed by atoms with Gasteiger partial charge in [-0.05, 0) is 5.25 Å². The highest BCUT2D eigenvalue weighted by molar-refractivity contribution is 7.99. The van der Waals surface area contributed by atoms with Crippen LogP contribution in [0.2, 0.25) is 0 Å². The second-order valence-corrected chi connectivity index (χ2v) is 5.51. The number of aliphatic carboxylic acids is 1. The van der Waals surface area contributed by atoms with Crippen molar-refractivity contribution in [2.45, 2.75) is 30.1 Å². The third-order valence-corrected chi connectivity index (χ3v) is 3.21. The van der Waals surface area contributed by atoms with Gasteiger partial charge in [-0.15, -0.1) is 0 Å². The van der Waals surface area contributed by atoms with E-state index < -0.39 is 5.97 Å². The largest absolute Gasteiger partial charge is 0.481 e. The third-order valence-electron chi connectivity index (χ3n) is 1.31. The molecule has 1 rings (SSSR count). The van der Waals surface area contributed by atoms with E-state index in [1.54, 1.807) is 11.8 Å². The van der Waals surface area contributed by atoms with Gasteiger partial charge in [0.1, 0.15) is 5.75 Å². The zero-order chi connectivity index (χ0) is 11.3. The standard InChI is InChI=1S/C8H12N2O3S2/c1-5(2)14-3-6-9-8(13-10-6)15-4-7(11)12/h5H,3-4H2,1-2H3,(H,11,12). The Labute approximate surface area is 96.0 Å². The van der Waals surface area contributed by atoms with Crippen LogP contribution in [0, 0.1) is 0 Å². The second kappa shape index (κ2) is 6.02. The smallest absolute Gasteiger partial charge is 0.314 e. The van der Waals surface area contributed by atoms with Gasteiger partial charge in [0.2, 0.25) is 0 Å². The average molecular weight is 248 g/mol. The second-order valence-electron chi connectivity index (χ2n) is 3.02. The Bertz CT molecular complexity index is 327. The molecule has 0 spiro atoms. The van der Waals surface area contributed by atoms with E-state index in [-0.39, 0.29) is 5.75 Å². The van der Waals surface area contributed by atoms with Crippen LogP contribution >= 0.6 is 23.5 Å². The highest BCUT2D eigenvalue weighted by atomic mass is 32.2. The Morgan fingerprint density at radius 2 is 2.33 bits per heavy atom. The normalized spacial score (nSPS) is 10.9. The van der Waals surface area contributed by atoms with Crippen molar-refractivity contribution in [1.82, 2.24) is 10.1 Å². The first-order valence-electron chi connectivity index (χ1n) is 4.36. The molecule has 0 saturated heterocycles. The molecular formula is C8H12N2O3S2. The predicted molar refractivity (Wildman–Crippen MR) is 59.1 cm³/mol. The van der Waals surface area contributed by atoms with Crippen molar-refractivity contribution in [3.63, 3.8) is 0 Å². The molecule has 0 aliphatic carbocycles. The number of hydrogen-bond donors (Lipinski definition) is 1. The van der Waals surface area contributed by atoms with Crippen LogP contribution < -0.4 is 0 Å². The summed E-state index contributed by atoms with van der Waals surface area (Å²) in [6.45, 7) is 4.18. The van der Waals surface area contributed by atoms with E-state index in [4.69, 9.17) is 9.63 Å². The van der Waals surface area contributed by atoms with E-state index in [2.05, 4.69) is 24.0 Å². The van der Waals surface area contributed by atoms with Gasteiger partial charge in [-0.2, -0.15) is 16.7 Å². The van der Waals surface area contributed by atoms with Gasteiger partial charge < -0.3 is 9.63 Å². The number of carboxylic acid groups (broad SMARTS) is 1. The minimum Gasteiger partial charge on any atom is -0.481 e. The lowest BCUT2D eigenvalue weighted by atomic mass is 10.6. The Kier molecular flexibility index (Phi) is 4.97. The summed E-state index contributed by atoms with van der Waals surface area (Å²) in [4.78, 5) is 14.3. The molecule has 1 aromatic heterocycles. The molecular weight excluding hydrogens is 236 g/mol. The topological polar surface area (TPSA) is 76.2 Å². The summed E-state index contributed by atoms with van der Waals surface area (Å²) in [6, 6.07) is 0. The van der Waals surface area contributed by atoms with Gasteiger partial charge in [0.15, 0.2) is 5.82 Å². The van der Waals surface area contributed by atoms with Crippen LogP contribution in [0.1, 0.15) is 19.7 Å². The van der Waals surface area contributed by atoms with Crippen LogP contribution in [0.15, 0.2) is 9.75 Å². The summed E-state index contributed by atoms with van der Waals surface area (Å²) in [5, 5.41) is 13.0. The van der Waals surface area contributed by atoms with Crippen LogP contribution in [-0.2, 0) is 10.5 Å². The predicted octanol–water partition coefficient (Wildman–Crippen LogP) is 1.89. The minimum atomic E-state index is -0.892. The lowest BCUT2D eigenvalue weighted by molar-refractivity contribution is -0.133. The molecule has 5 nitrogen and oxygen atoms in total. The van der Waals surface area contributed by atoms with Crippen LogP contribution in [0.4, 0.5) is 0 Å². The fraction of sp³-hybridized carbons (Fsp3) is 0.625. The molecule has 0 aliphatic rings. The summed E-state index contributed by atoms with van der Waals surface area (Å²) in [7, 11) is 0. The van der Waals surface area contributed by atoms with E-state index in [9.17, 15) is 4.79 Å². The molecule has 0 unspecified atom stereocenters. The van der Waals surface area contributed by atoms with Crippen molar-refractivity contribution in [1.29, 1.82) is 0 Å². The van der Waals surface area contributed by atoms with Crippen LogP contribution in [0.25, 0.3) is 0 Å². The van der Waals surface area contributed by atoms with Crippen LogP contribution in [0.5, 0.6) is 0 Å². The van der Waals surface area contributed by atoms with Crippen molar-refractivity contribution in [2.24, 2.45) is 0 Å². The molecule has 0 atom stereocenters. The van der Waals surface area contributed by atoms with E-state index in [0.717, 1.165) is 11.8 Å². The van der Waals surface area contributed by atoms with Gasteiger partial charge in [-0.1, -0.05) is 30.8 Å². The molecule has 0 fully saturated rings. The van der Waals surface area contributed by atoms with Crippen molar-refractivity contribution >= 4 is 29.5 Å². The molecule has 0 amide bonds. The lowest BCUT2D eigenvalue weighted by Gasteiger charge is -1.98. The summed E-state index contributed by atoms with van der Waals surface area (Å²) >= 11 is 2.75. The monoisotopic (exact) mass is 248 g/mol. The van der Waals surface area contributed by atoms with E-state index in [1.165, 1.54) is 0 Å². The fourth-order valence-electron chi connectivity index (χ4n) is 0.720. The Morgan fingerprint density at radius 1 is 1.60 bits per heavy atom. The molecule has 0 saturated carbocycles. The number of hydrogen-bond acceptors (Lipinski definition) is 6. The molecule has 0 radical (unpaired) electrons. The van der Waals surface area contributed by atoms with Crippen molar-refractivity contribution in [2.75, 3.05) is 5.75 Å². The van der Waals surface area contributed by atoms with Crippen molar-refractivity contribution < 1.29 is 14.4 Å². The molecule has 0 aromatic carbocycles. The number of aromatic nitrogens is 2. The minimum absolute atomic E-state index is 0.0566. The van der Waals surface area contributed by atoms with Crippen molar-refractivity contribution in [3.8, 4) is 0 Å². The molecule has 1 N–H and O–H groups in total. The number of nitrogens with zero attached hydrogens (tertiary/aromatic N) is 2. The van der Waals surface area contributed by atoms with Gasteiger partial charge >= 0.3 is 5.97 Å². The summed E-state index contributed by atoms with van der Waals surface area (Å²) in [6.07, 6.45) is 0. The molecule has 7 heteroatoms. The molecule has 84 valence electrons. The zero-order valence-corrected chi connectivity index (χ0v) is 10.1. The average Bonchev–Trinajstić information content (AvgIpc) is 2.59. The van der Waals surface area contributed by atoms with Crippen LogP contribution in [0.3, 0.4) is 0 Å². The number of carboxylic acids is 1. The zero-order valence-electron chi connectivity index (χ0n) is 8.47. The molecule has 0 aliphatic heterocycles. The third kappa shape index (κ3) is 5.08. The molecule has 0 bridgehead atoms. The maximum Gasteiger partial charge on any atom is 0.314 e. The van der Waals surface area contributed by atoms with Crippen LogP contribution in [-0.4, -0.2) is 32.2 Å². The van der Waals surface area contributed by atoms with Gasteiger partial charge in [-0.3, -0.25) is 4.79 Å². The van der Waals surface area contributed by atoms with Gasteiger partial charge in [-0.25, -0.2) is 0 Å². The number of rotatable bonds is 6. The highest BCUT2D eigenvalue weighted by Crippen LogP contribution is 2.19. The Hall–Kier alpha value is -0.690. The first kappa shape index (κ1) is 12.4. The van der Waals surface area contributed by atoms with E-state index in [0.29, 0.717) is 22.0 Å². The first-order chi connectivity index (χ1) is 7.08. The highest BCUT2D eigenvalue weighted by Gasteiger charge is 2.09. The maximum atomic E-state index is 10.3. The number of carbonyl (C=O) groups is 1. The molecule has 15 heavy (non-hydrogen) atoms. The fourth-order valence-corrected chi connectivity index (χ4v) is 1.83. The summed E-state index contributed by atoms with van der Waals surface area (Å²) in [5.41, 5.74) is 0. The quantitative estimate of drug-likeness (QED) is 0.770. The summed E-state index contributed by atoms with van der Waals surface area (Å²) in [5.74, 6) is 0.353. The maximum absolute atomic E-state index is 10.3. The lowest BCUT2D eigenvalue weighted by Crippen LogP contribution is -1.97.